The molecule has 2 nitrogen and oxygen atoms in total. The van der Waals surface area contributed by atoms with Crippen molar-refractivity contribution < 1.29 is 22.0 Å². The van der Waals surface area contributed by atoms with Crippen molar-refractivity contribution in [1.29, 1.82) is 0 Å². The quantitative estimate of drug-likeness (QED) is 0.428. The highest BCUT2D eigenvalue weighted by Gasteiger charge is 2.24. The smallest absolute Gasteiger partial charge is 0.185 e. The maximum absolute atomic E-state index is 13.5. The van der Waals surface area contributed by atoms with Crippen LogP contribution in [0.15, 0.2) is 6.07 Å². The molecule has 0 aliphatic heterocycles. The molecule has 2 aromatic rings. The van der Waals surface area contributed by atoms with Gasteiger partial charge in [-0.3, -0.25) is 0 Å². The third-order valence-corrected chi connectivity index (χ3v) is 2.36. The van der Waals surface area contributed by atoms with Crippen LogP contribution >= 0.6 is 0 Å². The summed E-state index contributed by atoms with van der Waals surface area (Å²) >= 11 is 0. The highest BCUT2D eigenvalue weighted by Crippen LogP contribution is 2.33. The number of halogens is 5. The van der Waals surface area contributed by atoms with Crippen LogP contribution in [-0.4, -0.2) is 0 Å². The summed E-state index contributed by atoms with van der Waals surface area (Å²) in [7, 11) is 0. The molecule has 0 amide bonds. The van der Waals surface area contributed by atoms with Crippen molar-refractivity contribution in [3.63, 3.8) is 0 Å². The van der Waals surface area contributed by atoms with E-state index in [1.807, 2.05) is 0 Å². The van der Waals surface area contributed by atoms with Crippen LogP contribution in [0.1, 0.15) is 0 Å². The number of fused-ring (bicyclic) bond motifs is 1. The number of hydrogen-bond acceptors (Lipinski definition) is 2. The molecule has 17 heavy (non-hydrogen) atoms. The largest absolute Gasteiger partial charge is 0.396 e. The zero-order valence-corrected chi connectivity index (χ0v) is 8.12. The molecular formula is C10H5F5N2. The van der Waals surface area contributed by atoms with Gasteiger partial charge in [-0.2, -0.15) is 0 Å². The van der Waals surface area contributed by atoms with E-state index >= 15 is 0 Å². The average molecular weight is 248 g/mol. The average Bonchev–Trinajstić information content (AvgIpc) is 2.30. The second kappa shape index (κ2) is 3.47. The highest BCUT2D eigenvalue weighted by atomic mass is 19.2. The molecule has 2 aromatic carbocycles. The van der Waals surface area contributed by atoms with Gasteiger partial charge in [0, 0.05) is 5.39 Å². The van der Waals surface area contributed by atoms with Gasteiger partial charge in [0.1, 0.15) is 5.69 Å². The lowest BCUT2D eigenvalue weighted by atomic mass is 10.1. The summed E-state index contributed by atoms with van der Waals surface area (Å²) in [5.74, 6) is -8.23. The monoisotopic (exact) mass is 248 g/mol. The topological polar surface area (TPSA) is 52.0 Å². The van der Waals surface area contributed by atoms with Gasteiger partial charge in [0.25, 0.3) is 0 Å². The van der Waals surface area contributed by atoms with Crippen molar-refractivity contribution in [1.82, 2.24) is 0 Å². The van der Waals surface area contributed by atoms with Gasteiger partial charge in [0.05, 0.1) is 11.1 Å². The van der Waals surface area contributed by atoms with Crippen LogP contribution in [0.3, 0.4) is 0 Å². The molecule has 0 spiro atoms. The lowest BCUT2D eigenvalue weighted by Crippen LogP contribution is -2.05. The summed E-state index contributed by atoms with van der Waals surface area (Å²) in [6.45, 7) is 0. The fourth-order valence-corrected chi connectivity index (χ4v) is 1.50. The van der Waals surface area contributed by atoms with Crippen molar-refractivity contribution in [2.75, 3.05) is 11.5 Å². The fourth-order valence-electron chi connectivity index (χ4n) is 1.50. The summed E-state index contributed by atoms with van der Waals surface area (Å²) < 4.78 is 66.3. The normalized spacial score (nSPS) is 11.1. The molecule has 0 saturated carbocycles. The Balaban J connectivity index is 3.12. The van der Waals surface area contributed by atoms with Gasteiger partial charge >= 0.3 is 0 Å². The van der Waals surface area contributed by atoms with Gasteiger partial charge in [0.2, 0.25) is 0 Å². The molecule has 0 unspecified atom stereocenters. The van der Waals surface area contributed by atoms with Crippen LogP contribution in [0.2, 0.25) is 0 Å². The van der Waals surface area contributed by atoms with Crippen LogP contribution in [0.25, 0.3) is 10.8 Å². The summed E-state index contributed by atoms with van der Waals surface area (Å²) in [5, 5.41) is -1.86. The number of anilines is 2. The molecule has 7 heteroatoms. The SMILES string of the molecule is Nc1cc2c(F)c(N)c(F)c(F)c2c(F)c1F. The number of nitrogen functional groups attached to an aromatic ring is 2. The van der Waals surface area contributed by atoms with Gasteiger partial charge in [-0.25, -0.2) is 22.0 Å². The first-order chi connectivity index (χ1) is 7.86. The Kier molecular flexibility index (Phi) is 2.34. The van der Waals surface area contributed by atoms with Gasteiger partial charge < -0.3 is 11.5 Å². The first-order valence-corrected chi connectivity index (χ1v) is 4.35. The van der Waals surface area contributed by atoms with Crippen LogP contribution in [0.5, 0.6) is 0 Å². The molecule has 0 radical (unpaired) electrons. The van der Waals surface area contributed by atoms with E-state index in [-0.39, 0.29) is 0 Å². The second-order valence-electron chi connectivity index (χ2n) is 3.37. The van der Waals surface area contributed by atoms with Crippen LogP contribution < -0.4 is 11.5 Å². The summed E-state index contributed by atoms with van der Waals surface area (Å²) in [6.07, 6.45) is 0. The Bertz CT molecular complexity index is 631. The Hall–Kier alpha value is -2.05. The maximum Gasteiger partial charge on any atom is 0.185 e. The van der Waals surface area contributed by atoms with E-state index in [1.165, 1.54) is 0 Å². The molecule has 0 heterocycles. The molecule has 0 aromatic heterocycles. The Morgan fingerprint density at radius 3 is 1.82 bits per heavy atom. The standard InChI is InChI=1S/C10H5F5N2/c11-5-2-1-3(16)6(12)7(13)4(2)8(14)9(15)10(5)17/h1H,16-17H2. The van der Waals surface area contributed by atoms with Crippen molar-refractivity contribution >= 4 is 22.1 Å². The van der Waals surface area contributed by atoms with E-state index in [2.05, 4.69) is 0 Å². The van der Waals surface area contributed by atoms with Crippen LogP contribution in [0, 0.1) is 29.1 Å². The second-order valence-corrected chi connectivity index (χ2v) is 3.37. The van der Waals surface area contributed by atoms with Gasteiger partial charge in [-0.05, 0) is 6.07 Å². The molecule has 0 bridgehead atoms. The summed E-state index contributed by atoms with van der Waals surface area (Å²) in [4.78, 5) is 0. The Morgan fingerprint density at radius 1 is 0.706 bits per heavy atom. The lowest BCUT2D eigenvalue weighted by Gasteiger charge is -2.09. The maximum atomic E-state index is 13.5. The molecule has 2 rings (SSSR count). The number of nitrogens with two attached hydrogens (primary N) is 2. The Labute approximate surface area is 91.6 Å². The van der Waals surface area contributed by atoms with E-state index in [1.54, 1.807) is 0 Å². The van der Waals surface area contributed by atoms with E-state index in [0.29, 0.717) is 6.07 Å². The number of hydrogen-bond donors (Lipinski definition) is 2. The van der Waals surface area contributed by atoms with Crippen molar-refractivity contribution in [2.24, 2.45) is 0 Å². The summed E-state index contributed by atoms with van der Waals surface area (Å²) in [5.41, 5.74) is 8.16. The number of benzene rings is 2. The lowest BCUT2D eigenvalue weighted by molar-refractivity contribution is 0.491. The third-order valence-electron chi connectivity index (χ3n) is 2.36. The number of rotatable bonds is 0. The molecule has 0 aliphatic rings. The minimum Gasteiger partial charge on any atom is -0.396 e. The molecule has 0 saturated heterocycles. The predicted molar refractivity (Wildman–Crippen MR) is 52.6 cm³/mol. The van der Waals surface area contributed by atoms with E-state index in [4.69, 9.17) is 11.5 Å². The first kappa shape index (κ1) is 11.4. The zero-order valence-electron chi connectivity index (χ0n) is 8.12. The van der Waals surface area contributed by atoms with Gasteiger partial charge in [-0.15, -0.1) is 0 Å². The predicted octanol–water partition coefficient (Wildman–Crippen LogP) is 2.70. The van der Waals surface area contributed by atoms with Gasteiger partial charge in [0.15, 0.2) is 29.1 Å². The van der Waals surface area contributed by atoms with E-state index in [9.17, 15) is 22.0 Å². The van der Waals surface area contributed by atoms with E-state index < -0.39 is 51.2 Å². The van der Waals surface area contributed by atoms with Gasteiger partial charge in [-0.1, -0.05) is 0 Å². The fraction of sp³-hybridized carbons (Fsp3) is 0. The zero-order chi connectivity index (χ0) is 12.9. The first-order valence-electron chi connectivity index (χ1n) is 4.35. The molecule has 0 aliphatic carbocycles. The third kappa shape index (κ3) is 1.38. The molecule has 4 N–H and O–H groups in total. The molecule has 90 valence electrons. The molecule has 0 atom stereocenters. The minimum absolute atomic E-state index is 0.655. The molecular weight excluding hydrogens is 243 g/mol. The van der Waals surface area contributed by atoms with Crippen molar-refractivity contribution in [2.45, 2.75) is 0 Å². The summed E-state index contributed by atoms with van der Waals surface area (Å²) in [6, 6.07) is 0.655. The highest BCUT2D eigenvalue weighted by molar-refractivity contribution is 5.90. The Morgan fingerprint density at radius 2 is 1.24 bits per heavy atom. The van der Waals surface area contributed by atoms with Crippen LogP contribution in [-0.2, 0) is 0 Å². The van der Waals surface area contributed by atoms with E-state index in [0.717, 1.165) is 0 Å². The minimum atomic E-state index is -1.77. The van der Waals surface area contributed by atoms with Crippen LogP contribution in [0.4, 0.5) is 33.3 Å². The molecule has 0 fully saturated rings. The van der Waals surface area contributed by atoms with Crippen molar-refractivity contribution in [3.05, 3.63) is 35.2 Å². The van der Waals surface area contributed by atoms with Crippen molar-refractivity contribution in [3.8, 4) is 0 Å².